The molecule has 192 valence electrons. The lowest BCUT2D eigenvalue weighted by atomic mass is 9.84. The number of imide groups is 1. The number of urea groups is 1. The van der Waals surface area contributed by atoms with E-state index >= 15 is 0 Å². The van der Waals surface area contributed by atoms with Crippen molar-refractivity contribution in [2.45, 2.75) is 18.4 Å². The molecular formula is C25H21ClF2N4O5. The minimum absolute atomic E-state index is 0.274. The van der Waals surface area contributed by atoms with E-state index in [9.17, 15) is 28.3 Å². The van der Waals surface area contributed by atoms with Crippen LogP contribution in [0.5, 0.6) is 0 Å². The van der Waals surface area contributed by atoms with Gasteiger partial charge in [0.2, 0.25) is 0 Å². The molecule has 0 aliphatic carbocycles. The van der Waals surface area contributed by atoms with Crippen molar-refractivity contribution in [2.75, 3.05) is 23.3 Å². The van der Waals surface area contributed by atoms with Gasteiger partial charge >= 0.3 is 12.2 Å². The van der Waals surface area contributed by atoms with Crippen LogP contribution in [0.1, 0.15) is 28.8 Å². The van der Waals surface area contributed by atoms with E-state index in [1.807, 2.05) is 40.5 Å². The molecule has 0 atom stereocenters. The van der Waals surface area contributed by atoms with E-state index < -0.39 is 40.9 Å². The molecule has 3 aromatic rings. The number of nitrogens with one attached hydrogen (secondary N) is 2. The Morgan fingerprint density at radius 1 is 1.03 bits per heavy atom. The minimum Gasteiger partial charge on any atom is -0.450 e. The van der Waals surface area contributed by atoms with Crippen LogP contribution in [0.4, 0.5) is 29.9 Å². The first-order valence-corrected chi connectivity index (χ1v) is 11.5. The summed E-state index contributed by atoms with van der Waals surface area (Å²) < 4.78 is 32.2. The molecule has 3 N–H and O–H groups in total. The van der Waals surface area contributed by atoms with Gasteiger partial charge < -0.3 is 20.1 Å². The van der Waals surface area contributed by atoms with Crippen LogP contribution in [0.25, 0.3) is 0 Å². The second kappa shape index (κ2) is 10.8. The van der Waals surface area contributed by atoms with Gasteiger partial charge in [0.1, 0.15) is 5.60 Å². The summed E-state index contributed by atoms with van der Waals surface area (Å²) in [5, 5.41) is 13.5. The third-order valence-electron chi connectivity index (χ3n) is 5.97. The molecule has 0 bridgehead atoms. The van der Waals surface area contributed by atoms with Gasteiger partial charge in [-0.3, -0.25) is 10.1 Å². The molecule has 0 saturated carbocycles. The van der Waals surface area contributed by atoms with Crippen molar-refractivity contribution in [3.05, 3.63) is 88.6 Å². The number of pyridine rings is 1. The highest BCUT2D eigenvalue weighted by Crippen LogP contribution is 2.39. The lowest BCUT2D eigenvalue weighted by Crippen LogP contribution is -2.45. The number of ether oxygens (including phenoxy) is 1. The van der Waals surface area contributed by atoms with Gasteiger partial charge in [-0.05, 0) is 29.8 Å². The van der Waals surface area contributed by atoms with E-state index in [-0.39, 0.29) is 10.7 Å². The first kappa shape index (κ1) is 25.8. The summed E-state index contributed by atoms with van der Waals surface area (Å²) in [5.41, 5.74) is -0.422. The predicted octanol–water partition coefficient (Wildman–Crippen LogP) is 5.17. The number of carboxylic acid groups (broad SMARTS) is 1. The smallest absolute Gasteiger partial charge is 0.450 e. The van der Waals surface area contributed by atoms with Gasteiger partial charge in [0.05, 0.1) is 16.3 Å². The Hall–Kier alpha value is -4.25. The van der Waals surface area contributed by atoms with Crippen molar-refractivity contribution in [3.63, 3.8) is 0 Å². The minimum atomic E-state index is -1.38. The van der Waals surface area contributed by atoms with Crippen LogP contribution in [0.15, 0.2) is 60.8 Å². The second-order valence-electron chi connectivity index (χ2n) is 8.24. The normalized spacial score (nSPS) is 14.5. The number of benzene rings is 2. The maximum Gasteiger partial charge on any atom is 0.506 e. The maximum absolute atomic E-state index is 13.5. The van der Waals surface area contributed by atoms with Gasteiger partial charge in [0.15, 0.2) is 17.5 Å². The summed E-state index contributed by atoms with van der Waals surface area (Å²) in [4.78, 5) is 42.5. The summed E-state index contributed by atoms with van der Waals surface area (Å²) in [7, 11) is 0. The van der Waals surface area contributed by atoms with E-state index in [0.717, 1.165) is 5.56 Å². The fourth-order valence-electron chi connectivity index (χ4n) is 4.21. The van der Waals surface area contributed by atoms with Crippen LogP contribution < -0.4 is 15.5 Å². The van der Waals surface area contributed by atoms with Crippen molar-refractivity contribution in [2.24, 2.45) is 0 Å². The molecule has 3 amide bonds. The van der Waals surface area contributed by atoms with Crippen LogP contribution in [0.2, 0.25) is 5.02 Å². The first-order chi connectivity index (χ1) is 17.7. The second-order valence-corrected chi connectivity index (χ2v) is 8.65. The number of rotatable bonds is 5. The molecule has 9 nitrogen and oxygen atoms in total. The van der Waals surface area contributed by atoms with Gasteiger partial charge in [-0.1, -0.05) is 41.9 Å². The van der Waals surface area contributed by atoms with E-state index in [0.29, 0.717) is 43.9 Å². The van der Waals surface area contributed by atoms with Crippen LogP contribution in [-0.4, -0.2) is 41.3 Å². The summed E-state index contributed by atoms with van der Waals surface area (Å²) in [6.07, 6.45) is 0.814. The molecule has 1 aromatic heterocycles. The molecule has 4 rings (SSSR count). The topological polar surface area (TPSA) is 121 Å². The van der Waals surface area contributed by atoms with Crippen LogP contribution in [-0.2, 0) is 10.3 Å². The number of aromatic nitrogens is 1. The van der Waals surface area contributed by atoms with Gasteiger partial charge in [-0.15, -0.1) is 0 Å². The van der Waals surface area contributed by atoms with Gasteiger partial charge in [0.25, 0.3) is 5.91 Å². The predicted molar refractivity (Wildman–Crippen MR) is 131 cm³/mol. The lowest BCUT2D eigenvalue weighted by molar-refractivity contribution is -0.0383. The zero-order valence-electron chi connectivity index (χ0n) is 19.2. The quantitative estimate of drug-likeness (QED) is 0.307. The Morgan fingerprint density at radius 2 is 1.70 bits per heavy atom. The Balaban J connectivity index is 1.47. The van der Waals surface area contributed by atoms with E-state index in [1.54, 1.807) is 12.1 Å². The Labute approximate surface area is 215 Å². The van der Waals surface area contributed by atoms with E-state index in [2.05, 4.69) is 10.3 Å². The number of piperidine rings is 1. The molecule has 37 heavy (non-hydrogen) atoms. The molecule has 1 fully saturated rings. The van der Waals surface area contributed by atoms with Crippen LogP contribution >= 0.6 is 11.6 Å². The Bertz CT molecular complexity index is 1330. The molecule has 0 unspecified atom stereocenters. The van der Waals surface area contributed by atoms with Gasteiger partial charge in [-0.2, -0.15) is 0 Å². The van der Waals surface area contributed by atoms with Gasteiger partial charge in [-0.25, -0.2) is 23.4 Å². The fourth-order valence-corrected chi connectivity index (χ4v) is 4.44. The third-order valence-corrected chi connectivity index (χ3v) is 6.28. The number of nitrogens with zero attached hydrogens (tertiary/aromatic N) is 2. The zero-order valence-corrected chi connectivity index (χ0v) is 20.0. The molecule has 12 heteroatoms. The third kappa shape index (κ3) is 5.78. The van der Waals surface area contributed by atoms with Crippen molar-refractivity contribution in [1.82, 2.24) is 10.3 Å². The van der Waals surface area contributed by atoms with Crippen molar-refractivity contribution in [3.8, 4) is 0 Å². The van der Waals surface area contributed by atoms with Crippen LogP contribution in [0, 0.1) is 11.6 Å². The number of halogens is 3. The van der Waals surface area contributed by atoms with Gasteiger partial charge in [0, 0.05) is 32.1 Å². The molecule has 0 spiro atoms. The maximum atomic E-state index is 13.5. The molecule has 2 heterocycles. The number of hydrogen-bond donors (Lipinski definition) is 3. The number of carbonyl (C=O) groups excluding carboxylic acids is 2. The average Bonchev–Trinajstić information content (AvgIpc) is 2.87. The molecule has 1 aliphatic heterocycles. The number of amides is 3. The van der Waals surface area contributed by atoms with Crippen molar-refractivity contribution in [1.29, 1.82) is 0 Å². The molecule has 0 radical (unpaired) electrons. The highest BCUT2D eigenvalue weighted by atomic mass is 35.5. The summed E-state index contributed by atoms with van der Waals surface area (Å²) >= 11 is 5.80. The summed E-state index contributed by atoms with van der Waals surface area (Å²) in [5.74, 6) is -3.14. The Morgan fingerprint density at radius 3 is 2.38 bits per heavy atom. The number of carbonyl (C=O) groups is 3. The zero-order chi connectivity index (χ0) is 26.6. The first-order valence-electron chi connectivity index (χ1n) is 11.1. The highest BCUT2D eigenvalue weighted by molar-refractivity contribution is 6.34. The van der Waals surface area contributed by atoms with Crippen molar-refractivity contribution >= 4 is 41.2 Å². The molecular weight excluding hydrogens is 510 g/mol. The van der Waals surface area contributed by atoms with E-state index in [1.165, 1.54) is 6.20 Å². The van der Waals surface area contributed by atoms with Crippen LogP contribution in [0.3, 0.4) is 0 Å². The number of hydrogen-bond acceptors (Lipinski definition) is 6. The Kier molecular flexibility index (Phi) is 7.53. The standard InChI is InChI=1S/C25H21ClF2N4O5/c26-17-14-19(28)18(27)13-16(17)22(33)31-23(34)30-20-7-4-10-29-21(20)32-11-8-25(9-12-32,37-24(35)36)15-5-2-1-3-6-15/h1-7,10,13-14H,8-9,11-12H2,(H,35,36)(H2,30,31,33,34). The monoisotopic (exact) mass is 530 g/mol. The number of anilines is 2. The average molecular weight is 531 g/mol. The molecule has 1 saturated heterocycles. The SMILES string of the molecule is O=C(NC(=O)c1cc(F)c(F)cc1Cl)Nc1cccnc1N1CCC(OC(=O)O)(c2ccccc2)CC1. The lowest BCUT2D eigenvalue weighted by Gasteiger charge is -2.41. The molecule has 2 aromatic carbocycles. The summed E-state index contributed by atoms with van der Waals surface area (Å²) in [6.45, 7) is 0.720. The van der Waals surface area contributed by atoms with Crippen molar-refractivity contribution < 1.29 is 33.0 Å². The molecule has 1 aliphatic rings. The highest BCUT2D eigenvalue weighted by Gasteiger charge is 2.40. The summed E-state index contributed by atoms with van der Waals surface area (Å²) in [6, 6.07) is 12.5. The van der Waals surface area contributed by atoms with E-state index in [4.69, 9.17) is 16.3 Å². The fraction of sp³-hybridized carbons (Fsp3) is 0.200. The largest absolute Gasteiger partial charge is 0.506 e.